The van der Waals surface area contributed by atoms with E-state index in [0.717, 1.165) is 0 Å². The van der Waals surface area contributed by atoms with E-state index in [0.29, 0.717) is 5.52 Å². The van der Waals surface area contributed by atoms with Crippen molar-refractivity contribution in [2.75, 3.05) is 0 Å². The van der Waals surface area contributed by atoms with Gasteiger partial charge in [0.05, 0.1) is 0 Å². The topological polar surface area (TPSA) is 99.0 Å². The first-order chi connectivity index (χ1) is 10.2. The monoisotopic (exact) mass is 325 g/mol. The minimum Gasteiger partial charge on any atom is -0.444 e. The predicted molar refractivity (Wildman–Crippen MR) is 79.8 cm³/mol. The summed E-state index contributed by atoms with van der Waals surface area (Å²) in [7, 11) is 0. The lowest BCUT2D eigenvalue weighted by atomic mass is 10.2. The van der Waals surface area contributed by atoms with Crippen LogP contribution in [0.4, 0.5) is 4.79 Å². The third kappa shape index (κ3) is 3.51. The Hall–Kier alpha value is -2.22. The normalized spacial score (nSPS) is 13.0. The van der Waals surface area contributed by atoms with Gasteiger partial charge in [-0.1, -0.05) is 11.6 Å². The molecule has 9 heteroatoms. The highest BCUT2D eigenvalue weighted by Crippen LogP contribution is 2.17. The minimum absolute atomic E-state index is 0.157. The number of alkyl carbamates (subject to hydrolysis) is 1. The van der Waals surface area contributed by atoms with Crippen molar-refractivity contribution < 1.29 is 14.3 Å². The Labute approximate surface area is 131 Å². The second-order valence-corrected chi connectivity index (χ2v) is 6.02. The first-order valence-electron chi connectivity index (χ1n) is 6.56. The van der Waals surface area contributed by atoms with Gasteiger partial charge in [0.2, 0.25) is 0 Å². The number of aromatic nitrogens is 4. The summed E-state index contributed by atoms with van der Waals surface area (Å²) in [6.45, 7) is 6.75. The summed E-state index contributed by atoms with van der Waals surface area (Å²) in [6, 6.07) is -0.819. The Morgan fingerprint density at radius 1 is 1.32 bits per heavy atom. The van der Waals surface area contributed by atoms with Crippen molar-refractivity contribution in [3.05, 3.63) is 17.8 Å². The molecule has 0 saturated carbocycles. The Balaban J connectivity index is 2.16. The van der Waals surface area contributed by atoms with Crippen molar-refractivity contribution in [2.24, 2.45) is 0 Å². The van der Waals surface area contributed by atoms with Gasteiger partial charge in [0.25, 0.3) is 5.91 Å². The van der Waals surface area contributed by atoms with Crippen LogP contribution in [0.5, 0.6) is 0 Å². The largest absolute Gasteiger partial charge is 0.444 e. The molecule has 2 rings (SSSR count). The number of nitrogens with zero attached hydrogens (tertiary/aromatic N) is 4. The summed E-state index contributed by atoms with van der Waals surface area (Å²) >= 11 is 5.88. The standard InChI is InChI=1S/C13H16ClN5O3/c1-7(18-12(21)22-13(2,3)4)11(20)19-6-17-8-9(14)15-5-16-10(8)19/h5-7H,1-4H3,(H,18,21). The molecule has 2 aromatic rings. The third-order valence-corrected chi connectivity index (χ3v) is 2.91. The van der Waals surface area contributed by atoms with Crippen molar-refractivity contribution in [1.29, 1.82) is 0 Å². The Morgan fingerprint density at radius 2 is 2.00 bits per heavy atom. The zero-order valence-corrected chi connectivity index (χ0v) is 13.4. The molecule has 0 saturated heterocycles. The zero-order chi connectivity index (χ0) is 16.5. The summed E-state index contributed by atoms with van der Waals surface area (Å²) in [6.07, 6.45) is 1.86. The summed E-state index contributed by atoms with van der Waals surface area (Å²) in [5.41, 5.74) is -0.0419. The number of amides is 1. The number of hydrogen-bond acceptors (Lipinski definition) is 6. The maximum Gasteiger partial charge on any atom is 0.408 e. The molecule has 22 heavy (non-hydrogen) atoms. The third-order valence-electron chi connectivity index (χ3n) is 2.63. The fourth-order valence-electron chi connectivity index (χ4n) is 1.72. The average molecular weight is 326 g/mol. The second-order valence-electron chi connectivity index (χ2n) is 5.66. The fourth-order valence-corrected chi connectivity index (χ4v) is 1.90. The molecule has 1 atom stereocenters. The number of fused-ring (bicyclic) bond motifs is 1. The van der Waals surface area contributed by atoms with Crippen LogP contribution in [0.2, 0.25) is 5.15 Å². The summed E-state index contributed by atoms with van der Waals surface area (Å²) in [5, 5.41) is 2.62. The molecule has 1 N–H and O–H groups in total. The van der Waals surface area contributed by atoms with Crippen LogP contribution in [-0.4, -0.2) is 43.2 Å². The molecule has 0 aliphatic carbocycles. The van der Waals surface area contributed by atoms with Crippen molar-refractivity contribution in [3.63, 3.8) is 0 Å². The van der Waals surface area contributed by atoms with Crippen molar-refractivity contribution in [2.45, 2.75) is 39.3 Å². The van der Waals surface area contributed by atoms with E-state index in [2.05, 4.69) is 20.3 Å². The van der Waals surface area contributed by atoms with Crippen molar-refractivity contribution in [3.8, 4) is 0 Å². The van der Waals surface area contributed by atoms with Gasteiger partial charge in [-0.2, -0.15) is 0 Å². The summed E-state index contributed by atoms with van der Waals surface area (Å²) in [4.78, 5) is 35.9. The first kappa shape index (κ1) is 16.2. The van der Waals surface area contributed by atoms with Crippen LogP contribution in [0.15, 0.2) is 12.7 Å². The lowest BCUT2D eigenvalue weighted by molar-refractivity contribution is 0.0488. The van der Waals surface area contributed by atoms with Crippen LogP contribution in [0.3, 0.4) is 0 Å². The molecular formula is C13H16ClN5O3. The number of imidazole rings is 1. The molecule has 8 nitrogen and oxygen atoms in total. The van der Waals surface area contributed by atoms with Gasteiger partial charge in [-0.15, -0.1) is 0 Å². The van der Waals surface area contributed by atoms with Gasteiger partial charge in [0.15, 0.2) is 10.8 Å². The van der Waals surface area contributed by atoms with Crippen molar-refractivity contribution in [1.82, 2.24) is 24.8 Å². The van der Waals surface area contributed by atoms with Crippen molar-refractivity contribution >= 4 is 34.8 Å². The SMILES string of the molecule is CC(NC(=O)OC(C)(C)C)C(=O)n1cnc2c(Cl)ncnc21. The van der Waals surface area contributed by atoms with Gasteiger partial charge >= 0.3 is 6.09 Å². The van der Waals surface area contributed by atoms with Gasteiger partial charge in [0, 0.05) is 0 Å². The van der Waals surface area contributed by atoms with E-state index in [1.54, 1.807) is 27.7 Å². The predicted octanol–water partition coefficient (Wildman–Crippen LogP) is 2.03. The number of carbonyl (C=O) groups excluding carboxylic acids is 2. The van der Waals surface area contributed by atoms with E-state index >= 15 is 0 Å². The second kappa shape index (κ2) is 5.88. The van der Waals surface area contributed by atoms with E-state index in [9.17, 15) is 9.59 Å². The fraction of sp³-hybridized carbons (Fsp3) is 0.462. The lowest BCUT2D eigenvalue weighted by Gasteiger charge is -2.21. The Morgan fingerprint density at radius 3 is 2.64 bits per heavy atom. The maximum atomic E-state index is 12.4. The van der Waals surface area contributed by atoms with E-state index < -0.39 is 23.6 Å². The van der Waals surface area contributed by atoms with Crippen LogP contribution in [0.1, 0.15) is 32.5 Å². The molecule has 0 fully saturated rings. The average Bonchev–Trinajstić information content (AvgIpc) is 2.80. The molecule has 0 aliphatic rings. The van der Waals surface area contributed by atoms with Gasteiger partial charge < -0.3 is 10.1 Å². The van der Waals surface area contributed by atoms with Crippen LogP contribution >= 0.6 is 11.6 Å². The lowest BCUT2D eigenvalue weighted by Crippen LogP contribution is -2.43. The van der Waals surface area contributed by atoms with Crippen LogP contribution in [0.25, 0.3) is 11.2 Å². The molecule has 0 spiro atoms. The van der Waals surface area contributed by atoms with Crippen LogP contribution in [-0.2, 0) is 4.74 Å². The Bertz CT molecular complexity index is 722. The number of halogens is 1. The molecule has 0 aromatic carbocycles. The van der Waals surface area contributed by atoms with E-state index in [1.807, 2.05) is 0 Å². The Kier molecular flexibility index (Phi) is 4.32. The zero-order valence-electron chi connectivity index (χ0n) is 12.6. The number of rotatable bonds is 2. The van der Waals surface area contributed by atoms with E-state index in [1.165, 1.54) is 17.2 Å². The smallest absolute Gasteiger partial charge is 0.408 e. The summed E-state index contributed by atoms with van der Waals surface area (Å²) in [5.74, 6) is -0.414. The quantitative estimate of drug-likeness (QED) is 0.848. The molecule has 1 amide bonds. The van der Waals surface area contributed by atoms with Gasteiger partial charge in [-0.25, -0.2) is 19.7 Å². The molecule has 0 radical (unpaired) electrons. The highest BCUT2D eigenvalue weighted by atomic mass is 35.5. The maximum absolute atomic E-state index is 12.4. The van der Waals surface area contributed by atoms with E-state index in [-0.39, 0.29) is 10.8 Å². The molecule has 2 aromatic heterocycles. The van der Waals surface area contributed by atoms with Crippen LogP contribution < -0.4 is 5.32 Å². The van der Waals surface area contributed by atoms with Gasteiger partial charge in [0.1, 0.15) is 29.8 Å². The summed E-state index contributed by atoms with van der Waals surface area (Å²) < 4.78 is 6.32. The number of ether oxygens (including phenoxy) is 1. The van der Waals surface area contributed by atoms with Gasteiger partial charge in [-0.05, 0) is 27.7 Å². The number of nitrogens with one attached hydrogen (secondary N) is 1. The molecule has 0 bridgehead atoms. The van der Waals surface area contributed by atoms with Crippen LogP contribution in [0, 0.1) is 0 Å². The number of hydrogen-bond donors (Lipinski definition) is 1. The number of carbonyl (C=O) groups is 2. The van der Waals surface area contributed by atoms with E-state index in [4.69, 9.17) is 16.3 Å². The van der Waals surface area contributed by atoms with Gasteiger partial charge in [-0.3, -0.25) is 9.36 Å². The first-order valence-corrected chi connectivity index (χ1v) is 6.94. The molecule has 2 heterocycles. The minimum atomic E-state index is -0.819. The molecule has 118 valence electrons. The highest BCUT2D eigenvalue weighted by molar-refractivity contribution is 6.33. The highest BCUT2D eigenvalue weighted by Gasteiger charge is 2.23. The molecule has 0 aliphatic heterocycles. The molecule has 1 unspecified atom stereocenters. The molecular weight excluding hydrogens is 310 g/mol.